The van der Waals surface area contributed by atoms with Gasteiger partial charge in [0.05, 0.1) is 16.9 Å². The van der Waals surface area contributed by atoms with E-state index in [1.807, 2.05) is 60.7 Å². The highest BCUT2D eigenvalue weighted by Crippen LogP contribution is 2.25. The first-order valence-electron chi connectivity index (χ1n) is 7.82. The van der Waals surface area contributed by atoms with Crippen molar-refractivity contribution in [3.05, 3.63) is 81.6 Å². The topological polar surface area (TPSA) is 40.6 Å². The second-order valence-corrected chi connectivity index (χ2v) is 6.53. The van der Waals surface area contributed by atoms with E-state index in [1.54, 1.807) is 13.3 Å². The molecule has 0 fully saturated rings. The third kappa shape index (κ3) is 5.09. The van der Waals surface area contributed by atoms with Gasteiger partial charge in [0.25, 0.3) is 0 Å². The first kappa shape index (κ1) is 17.5. The van der Waals surface area contributed by atoms with Crippen molar-refractivity contribution in [3.8, 4) is 17.4 Å². The van der Waals surface area contributed by atoms with Gasteiger partial charge in [-0.1, -0.05) is 42.5 Å². The highest BCUT2D eigenvalue weighted by atomic mass is 127. The van der Waals surface area contributed by atoms with Gasteiger partial charge in [-0.05, 0) is 45.9 Å². The van der Waals surface area contributed by atoms with E-state index >= 15 is 0 Å². The summed E-state index contributed by atoms with van der Waals surface area (Å²) in [5, 5.41) is 0. The van der Waals surface area contributed by atoms with E-state index in [2.05, 4.69) is 27.6 Å². The van der Waals surface area contributed by atoms with Gasteiger partial charge >= 0.3 is 0 Å². The van der Waals surface area contributed by atoms with E-state index in [0.717, 1.165) is 26.2 Å². The van der Waals surface area contributed by atoms with Crippen LogP contribution in [-0.2, 0) is 13.2 Å². The fourth-order valence-electron chi connectivity index (χ4n) is 2.20. The molecule has 128 valence electrons. The smallest absolute Gasteiger partial charge is 0.214 e. The standard InChI is InChI=1S/C20H18INO3/c1-23-17-9-7-16(8-10-17)14-25-20-11-18(21)19(12-22-20)24-13-15-5-3-2-4-6-15/h2-12H,13-14H2,1H3. The van der Waals surface area contributed by atoms with Gasteiger partial charge in [-0.15, -0.1) is 0 Å². The van der Waals surface area contributed by atoms with E-state index in [1.165, 1.54) is 0 Å². The Kier molecular flexibility index (Phi) is 6.11. The molecule has 25 heavy (non-hydrogen) atoms. The van der Waals surface area contributed by atoms with Gasteiger partial charge in [0.15, 0.2) is 5.75 Å². The van der Waals surface area contributed by atoms with Crippen LogP contribution >= 0.6 is 22.6 Å². The molecule has 0 N–H and O–H groups in total. The molecule has 0 saturated carbocycles. The summed E-state index contributed by atoms with van der Waals surface area (Å²) in [4.78, 5) is 4.32. The molecule has 0 saturated heterocycles. The number of methoxy groups -OCH3 is 1. The van der Waals surface area contributed by atoms with E-state index in [4.69, 9.17) is 14.2 Å². The van der Waals surface area contributed by atoms with Gasteiger partial charge in [-0.25, -0.2) is 4.98 Å². The lowest BCUT2D eigenvalue weighted by Gasteiger charge is -2.10. The maximum absolute atomic E-state index is 5.83. The Bertz CT molecular complexity index is 807. The summed E-state index contributed by atoms with van der Waals surface area (Å²) < 4.78 is 17.7. The molecule has 5 heteroatoms. The number of halogens is 1. The summed E-state index contributed by atoms with van der Waals surface area (Å²) >= 11 is 2.23. The Morgan fingerprint density at radius 3 is 2.24 bits per heavy atom. The van der Waals surface area contributed by atoms with Crippen molar-refractivity contribution in [2.24, 2.45) is 0 Å². The minimum atomic E-state index is 0.456. The lowest BCUT2D eigenvalue weighted by Crippen LogP contribution is -2.00. The number of hydrogen-bond donors (Lipinski definition) is 0. The molecule has 0 atom stereocenters. The van der Waals surface area contributed by atoms with Crippen LogP contribution < -0.4 is 14.2 Å². The molecule has 0 bridgehead atoms. The van der Waals surface area contributed by atoms with Crippen LogP contribution in [0.15, 0.2) is 66.9 Å². The summed E-state index contributed by atoms with van der Waals surface area (Å²) in [6.07, 6.45) is 1.70. The average molecular weight is 447 g/mol. The van der Waals surface area contributed by atoms with Gasteiger partial charge in [0.1, 0.15) is 19.0 Å². The number of ether oxygens (including phenoxy) is 3. The fraction of sp³-hybridized carbons (Fsp3) is 0.150. The summed E-state index contributed by atoms with van der Waals surface area (Å²) in [5.41, 5.74) is 2.18. The quantitative estimate of drug-likeness (QED) is 0.486. The maximum Gasteiger partial charge on any atom is 0.214 e. The Labute approximate surface area is 160 Å². The average Bonchev–Trinajstić information content (AvgIpc) is 2.67. The van der Waals surface area contributed by atoms with Crippen molar-refractivity contribution in [2.45, 2.75) is 13.2 Å². The van der Waals surface area contributed by atoms with Crippen molar-refractivity contribution in [3.63, 3.8) is 0 Å². The zero-order valence-corrected chi connectivity index (χ0v) is 16.0. The van der Waals surface area contributed by atoms with Crippen LogP contribution in [0.1, 0.15) is 11.1 Å². The molecule has 3 rings (SSSR count). The molecule has 2 aromatic carbocycles. The van der Waals surface area contributed by atoms with E-state index in [9.17, 15) is 0 Å². The summed E-state index contributed by atoms with van der Waals surface area (Å²) in [6.45, 7) is 0.974. The van der Waals surface area contributed by atoms with Crippen LogP contribution in [0.4, 0.5) is 0 Å². The van der Waals surface area contributed by atoms with Gasteiger partial charge < -0.3 is 14.2 Å². The number of hydrogen-bond acceptors (Lipinski definition) is 4. The van der Waals surface area contributed by atoms with Crippen LogP contribution in [0.5, 0.6) is 17.4 Å². The van der Waals surface area contributed by atoms with Crippen molar-refractivity contribution < 1.29 is 14.2 Å². The summed E-state index contributed by atoms with van der Waals surface area (Å²) in [6, 6.07) is 19.7. The molecular weight excluding hydrogens is 429 g/mol. The van der Waals surface area contributed by atoms with Crippen molar-refractivity contribution >= 4 is 22.6 Å². The maximum atomic E-state index is 5.83. The van der Waals surface area contributed by atoms with E-state index in [-0.39, 0.29) is 0 Å². The van der Waals surface area contributed by atoms with Crippen LogP contribution in [-0.4, -0.2) is 12.1 Å². The number of pyridine rings is 1. The molecule has 0 radical (unpaired) electrons. The van der Waals surface area contributed by atoms with Gasteiger partial charge in [0, 0.05) is 6.07 Å². The highest BCUT2D eigenvalue weighted by Gasteiger charge is 2.06. The molecule has 0 aliphatic rings. The molecule has 0 aliphatic carbocycles. The lowest BCUT2D eigenvalue weighted by molar-refractivity contribution is 0.284. The zero-order valence-electron chi connectivity index (χ0n) is 13.8. The largest absolute Gasteiger partial charge is 0.497 e. The van der Waals surface area contributed by atoms with E-state index < -0.39 is 0 Å². The third-order valence-corrected chi connectivity index (χ3v) is 4.42. The molecule has 4 nitrogen and oxygen atoms in total. The molecular formula is C20H18INO3. The number of benzene rings is 2. The molecule has 3 aromatic rings. The zero-order chi connectivity index (χ0) is 17.5. The first-order chi connectivity index (χ1) is 12.2. The van der Waals surface area contributed by atoms with E-state index in [0.29, 0.717) is 19.1 Å². The van der Waals surface area contributed by atoms with Crippen LogP contribution in [0, 0.1) is 3.57 Å². The Balaban J connectivity index is 1.57. The highest BCUT2D eigenvalue weighted by molar-refractivity contribution is 14.1. The third-order valence-electron chi connectivity index (χ3n) is 3.58. The summed E-state index contributed by atoms with van der Waals surface area (Å²) in [5.74, 6) is 2.16. The molecule has 0 spiro atoms. The predicted octanol–water partition coefficient (Wildman–Crippen LogP) is 4.85. The Hall–Kier alpha value is -2.28. The first-order valence-corrected chi connectivity index (χ1v) is 8.90. The Morgan fingerprint density at radius 2 is 1.56 bits per heavy atom. The minimum absolute atomic E-state index is 0.456. The van der Waals surface area contributed by atoms with Gasteiger partial charge in [-0.2, -0.15) is 0 Å². The molecule has 0 amide bonds. The van der Waals surface area contributed by atoms with Gasteiger partial charge in [0.2, 0.25) is 5.88 Å². The number of nitrogens with zero attached hydrogens (tertiary/aromatic N) is 1. The van der Waals surface area contributed by atoms with Crippen LogP contribution in [0.25, 0.3) is 0 Å². The Morgan fingerprint density at radius 1 is 0.880 bits per heavy atom. The molecule has 0 aliphatic heterocycles. The molecule has 0 unspecified atom stereocenters. The number of aromatic nitrogens is 1. The molecule has 1 heterocycles. The van der Waals surface area contributed by atoms with Gasteiger partial charge in [-0.3, -0.25) is 0 Å². The lowest BCUT2D eigenvalue weighted by atomic mass is 10.2. The van der Waals surface area contributed by atoms with Crippen molar-refractivity contribution in [1.29, 1.82) is 0 Å². The molecule has 1 aromatic heterocycles. The SMILES string of the molecule is COc1ccc(COc2cc(I)c(OCc3ccccc3)cn2)cc1. The second-order valence-electron chi connectivity index (χ2n) is 5.36. The van der Waals surface area contributed by atoms with Crippen molar-refractivity contribution in [1.82, 2.24) is 4.98 Å². The monoisotopic (exact) mass is 447 g/mol. The minimum Gasteiger partial charge on any atom is -0.497 e. The van der Waals surface area contributed by atoms with Crippen LogP contribution in [0.2, 0.25) is 0 Å². The van der Waals surface area contributed by atoms with Crippen molar-refractivity contribution in [2.75, 3.05) is 7.11 Å². The second kappa shape index (κ2) is 8.71. The summed E-state index contributed by atoms with van der Waals surface area (Å²) in [7, 11) is 1.65. The van der Waals surface area contributed by atoms with Crippen LogP contribution in [0.3, 0.4) is 0 Å². The normalized spacial score (nSPS) is 10.3. The number of rotatable bonds is 7. The predicted molar refractivity (Wildman–Crippen MR) is 105 cm³/mol. The fourth-order valence-corrected chi connectivity index (χ4v) is 2.76.